The summed E-state index contributed by atoms with van der Waals surface area (Å²) in [6.07, 6.45) is 0. The number of para-hydroxylation sites is 3. The molecule has 0 aliphatic carbocycles. The van der Waals surface area contributed by atoms with E-state index in [1.165, 1.54) is 0 Å². The predicted molar refractivity (Wildman–Crippen MR) is 105 cm³/mol. The van der Waals surface area contributed by atoms with E-state index in [1.54, 1.807) is 5.01 Å². The maximum absolute atomic E-state index is 12.5. The Labute approximate surface area is 154 Å². The highest BCUT2D eigenvalue weighted by Gasteiger charge is 2.14. The number of ether oxygens (including phenoxy) is 1. The minimum absolute atomic E-state index is 0.0537. The maximum atomic E-state index is 12.5. The van der Waals surface area contributed by atoms with Crippen LogP contribution in [0.2, 0.25) is 0 Å². The Morgan fingerprint density at radius 1 is 0.808 bits per heavy atom. The van der Waals surface area contributed by atoms with Crippen molar-refractivity contribution in [2.45, 2.75) is 13.8 Å². The summed E-state index contributed by atoms with van der Waals surface area (Å²) in [5.74, 6) is 0.536. The Balaban J connectivity index is 1.74. The fourth-order valence-corrected chi connectivity index (χ4v) is 2.75. The second kappa shape index (κ2) is 8.21. The van der Waals surface area contributed by atoms with Crippen LogP contribution in [0.5, 0.6) is 5.75 Å². The van der Waals surface area contributed by atoms with Crippen molar-refractivity contribution in [3.63, 3.8) is 0 Å². The van der Waals surface area contributed by atoms with Crippen molar-refractivity contribution in [3.05, 3.63) is 90.0 Å². The zero-order chi connectivity index (χ0) is 18.4. The van der Waals surface area contributed by atoms with Gasteiger partial charge in [-0.25, -0.2) is 0 Å². The molecule has 3 aromatic rings. The average Bonchev–Trinajstić information content (AvgIpc) is 2.67. The molecule has 0 heterocycles. The largest absolute Gasteiger partial charge is 0.483 e. The molecule has 132 valence electrons. The number of rotatable bonds is 6. The molecule has 3 aromatic carbocycles. The van der Waals surface area contributed by atoms with Crippen LogP contribution in [-0.4, -0.2) is 12.5 Å². The molecular formula is C22H22N2O2. The Kier molecular flexibility index (Phi) is 5.54. The molecule has 0 aliphatic heterocycles. The van der Waals surface area contributed by atoms with Crippen molar-refractivity contribution >= 4 is 17.3 Å². The lowest BCUT2D eigenvalue weighted by Gasteiger charge is -2.25. The maximum Gasteiger partial charge on any atom is 0.276 e. The van der Waals surface area contributed by atoms with Gasteiger partial charge in [0.05, 0.1) is 11.4 Å². The number of hydrazine groups is 1. The quantitative estimate of drug-likeness (QED) is 0.666. The fraction of sp³-hybridized carbons (Fsp3) is 0.136. The van der Waals surface area contributed by atoms with Crippen molar-refractivity contribution in [1.82, 2.24) is 5.43 Å². The van der Waals surface area contributed by atoms with Crippen molar-refractivity contribution < 1.29 is 9.53 Å². The number of carbonyl (C=O) groups excluding carboxylic acids is 1. The molecule has 0 saturated heterocycles. The van der Waals surface area contributed by atoms with E-state index >= 15 is 0 Å². The van der Waals surface area contributed by atoms with Crippen LogP contribution in [0, 0.1) is 13.8 Å². The first kappa shape index (κ1) is 17.5. The molecule has 4 nitrogen and oxygen atoms in total. The second-order valence-corrected chi connectivity index (χ2v) is 6.05. The van der Waals surface area contributed by atoms with Gasteiger partial charge in [-0.2, -0.15) is 0 Å². The Hall–Kier alpha value is -3.27. The van der Waals surface area contributed by atoms with Gasteiger partial charge in [-0.15, -0.1) is 0 Å². The summed E-state index contributed by atoms with van der Waals surface area (Å²) in [5, 5.41) is 1.76. The minimum atomic E-state index is -0.222. The number of nitrogens with zero attached hydrogens (tertiary/aromatic N) is 1. The average molecular weight is 346 g/mol. The zero-order valence-corrected chi connectivity index (χ0v) is 15.0. The summed E-state index contributed by atoms with van der Waals surface area (Å²) < 4.78 is 5.76. The molecule has 0 aromatic heterocycles. The molecule has 0 atom stereocenters. The lowest BCUT2D eigenvalue weighted by molar-refractivity contribution is -0.123. The van der Waals surface area contributed by atoms with Crippen LogP contribution in [0.3, 0.4) is 0 Å². The van der Waals surface area contributed by atoms with Crippen LogP contribution in [0.25, 0.3) is 0 Å². The molecule has 0 spiro atoms. The molecule has 0 bridgehead atoms. The highest BCUT2D eigenvalue weighted by molar-refractivity contribution is 5.82. The van der Waals surface area contributed by atoms with E-state index in [-0.39, 0.29) is 12.5 Å². The third-order valence-corrected chi connectivity index (χ3v) is 4.02. The van der Waals surface area contributed by atoms with Gasteiger partial charge < -0.3 is 4.74 Å². The Bertz CT molecular complexity index is 804. The molecule has 0 radical (unpaired) electrons. The van der Waals surface area contributed by atoms with Crippen LogP contribution >= 0.6 is 0 Å². The summed E-state index contributed by atoms with van der Waals surface area (Å²) in [7, 11) is 0. The van der Waals surface area contributed by atoms with Crippen LogP contribution in [0.1, 0.15) is 11.1 Å². The molecule has 0 saturated carbocycles. The molecule has 1 N–H and O–H groups in total. The number of hydrogen-bond donors (Lipinski definition) is 1. The summed E-state index contributed by atoms with van der Waals surface area (Å²) in [6.45, 7) is 3.89. The van der Waals surface area contributed by atoms with Crippen LogP contribution in [0.4, 0.5) is 11.4 Å². The van der Waals surface area contributed by atoms with Gasteiger partial charge in [0.25, 0.3) is 5.91 Å². The van der Waals surface area contributed by atoms with E-state index in [0.717, 1.165) is 28.3 Å². The Morgan fingerprint density at radius 3 is 1.81 bits per heavy atom. The fourth-order valence-electron chi connectivity index (χ4n) is 2.75. The molecule has 1 amide bonds. The van der Waals surface area contributed by atoms with E-state index in [4.69, 9.17) is 4.74 Å². The molecule has 0 unspecified atom stereocenters. The SMILES string of the molecule is Cc1cccc(C)c1OCC(=O)NN(c1ccccc1)c1ccccc1. The van der Waals surface area contributed by atoms with Crippen LogP contribution in [0.15, 0.2) is 78.9 Å². The van der Waals surface area contributed by atoms with Crippen LogP contribution < -0.4 is 15.2 Å². The van der Waals surface area contributed by atoms with Gasteiger partial charge in [0.2, 0.25) is 0 Å². The zero-order valence-electron chi connectivity index (χ0n) is 15.0. The van der Waals surface area contributed by atoms with Crippen molar-refractivity contribution in [2.75, 3.05) is 11.6 Å². The van der Waals surface area contributed by atoms with E-state index in [2.05, 4.69) is 5.43 Å². The van der Waals surface area contributed by atoms with Gasteiger partial charge in [0, 0.05) is 0 Å². The second-order valence-electron chi connectivity index (χ2n) is 6.05. The number of hydrogen-bond acceptors (Lipinski definition) is 3. The summed E-state index contributed by atoms with van der Waals surface area (Å²) in [4.78, 5) is 12.5. The number of benzene rings is 3. The third-order valence-electron chi connectivity index (χ3n) is 4.02. The first-order valence-corrected chi connectivity index (χ1v) is 8.54. The molecule has 0 aliphatic rings. The molecular weight excluding hydrogens is 324 g/mol. The monoisotopic (exact) mass is 346 g/mol. The third kappa shape index (κ3) is 4.22. The summed E-state index contributed by atoms with van der Waals surface area (Å²) in [5.41, 5.74) is 6.71. The van der Waals surface area contributed by atoms with Gasteiger partial charge in [-0.3, -0.25) is 15.2 Å². The van der Waals surface area contributed by atoms with Gasteiger partial charge in [0.1, 0.15) is 5.75 Å². The van der Waals surface area contributed by atoms with Crippen molar-refractivity contribution in [2.24, 2.45) is 0 Å². The van der Waals surface area contributed by atoms with E-state index in [0.29, 0.717) is 0 Å². The first-order valence-electron chi connectivity index (χ1n) is 8.54. The lowest BCUT2D eigenvalue weighted by Crippen LogP contribution is -2.41. The first-order chi connectivity index (χ1) is 12.6. The number of anilines is 2. The van der Waals surface area contributed by atoms with Crippen molar-refractivity contribution in [1.29, 1.82) is 0 Å². The highest BCUT2D eigenvalue weighted by atomic mass is 16.5. The number of amides is 1. The van der Waals surface area contributed by atoms with E-state index < -0.39 is 0 Å². The molecule has 26 heavy (non-hydrogen) atoms. The van der Waals surface area contributed by atoms with Crippen LogP contribution in [-0.2, 0) is 4.79 Å². The standard InChI is InChI=1S/C22H22N2O2/c1-17-10-9-11-18(2)22(17)26-16-21(25)23-24(19-12-5-3-6-13-19)20-14-7-4-8-15-20/h3-15H,16H2,1-2H3,(H,23,25). The smallest absolute Gasteiger partial charge is 0.276 e. The van der Waals surface area contributed by atoms with Gasteiger partial charge in [-0.05, 0) is 49.2 Å². The summed E-state index contributed by atoms with van der Waals surface area (Å²) >= 11 is 0. The molecule has 3 rings (SSSR count). The minimum Gasteiger partial charge on any atom is -0.483 e. The number of carbonyl (C=O) groups is 1. The van der Waals surface area contributed by atoms with Gasteiger partial charge in [-0.1, -0.05) is 54.6 Å². The molecule has 0 fully saturated rings. The van der Waals surface area contributed by atoms with Crippen molar-refractivity contribution in [3.8, 4) is 5.75 Å². The summed E-state index contributed by atoms with van der Waals surface area (Å²) in [6, 6.07) is 25.3. The lowest BCUT2D eigenvalue weighted by atomic mass is 10.1. The number of aryl methyl sites for hydroxylation is 2. The van der Waals surface area contributed by atoms with E-state index in [1.807, 2.05) is 92.7 Å². The topological polar surface area (TPSA) is 41.6 Å². The van der Waals surface area contributed by atoms with E-state index in [9.17, 15) is 4.79 Å². The number of nitrogens with one attached hydrogen (secondary N) is 1. The predicted octanol–water partition coefficient (Wildman–Crippen LogP) is 4.55. The Morgan fingerprint density at radius 2 is 1.31 bits per heavy atom. The normalized spacial score (nSPS) is 10.2. The molecule has 4 heteroatoms. The highest BCUT2D eigenvalue weighted by Crippen LogP contribution is 2.24. The van der Waals surface area contributed by atoms with Gasteiger partial charge in [0.15, 0.2) is 6.61 Å². The van der Waals surface area contributed by atoms with Gasteiger partial charge >= 0.3 is 0 Å².